The number of hydrogen-bond acceptors (Lipinski definition) is 3. The highest BCUT2D eigenvalue weighted by atomic mass is 32.2. The molecule has 1 unspecified atom stereocenters. The number of carbonyl (C=O) groups is 1. The SMILES string of the molecule is Cc1cc(C)c(CNC(=O)c2cc(-c3cccc(CS(=O)O)c3)cc3c2c(C)cn3C(C)C)c(=O)[nH]1. The normalized spacial score (nSPS) is 12.3. The van der Waals surface area contributed by atoms with Crippen LogP contribution < -0.4 is 10.9 Å². The number of carbonyl (C=O) groups excluding carboxylic acids is 1. The standard InChI is InChI=1S/C28H31N3O4S/c1-16(2)31-14-18(4)26-23(27(32)29-13-24-17(3)9-19(5)30-28(24)33)11-22(12-25(26)31)21-8-6-7-20(10-21)15-36(34)35/h6-12,14,16H,13,15H2,1-5H3,(H,29,32)(H,30,33)(H,34,35). The number of aromatic amines is 1. The monoisotopic (exact) mass is 505 g/mol. The van der Waals surface area contributed by atoms with Crippen LogP contribution in [-0.2, 0) is 23.4 Å². The summed E-state index contributed by atoms with van der Waals surface area (Å²) >= 11 is -1.94. The van der Waals surface area contributed by atoms with Gasteiger partial charge in [0, 0.05) is 46.5 Å². The van der Waals surface area contributed by atoms with E-state index in [9.17, 15) is 18.4 Å². The zero-order chi connectivity index (χ0) is 26.1. The lowest BCUT2D eigenvalue weighted by Crippen LogP contribution is -2.28. The van der Waals surface area contributed by atoms with E-state index < -0.39 is 11.1 Å². The summed E-state index contributed by atoms with van der Waals surface area (Å²) < 4.78 is 22.8. The Labute approximate surface area is 212 Å². The number of rotatable bonds is 7. The molecule has 0 saturated heterocycles. The van der Waals surface area contributed by atoms with Crippen molar-refractivity contribution in [2.24, 2.45) is 0 Å². The lowest BCUT2D eigenvalue weighted by atomic mass is 9.97. The first kappa shape index (κ1) is 25.6. The van der Waals surface area contributed by atoms with Crippen LogP contribution in [0.1, 0.15) is 58.2 Å². The van der Waals surface area contributed by atoms with Gasteiger partial charge in [-0.15, -0.1) is 0 Å². The van der Waals surface area contributed by atoms with Crippen molar-refractivity contribution in [3.8, 4) is 11.1 Å². The van der Waals surface area contributed by atoms with Crippen molar-refractivity contribution >= 4 is 27.9 Å². The molecule has 3 N–H and O–H groups in total. The molecule has 4 rings (SSSR count). The van der Waals surface area contributed by atoms with Gasteiger partial charge in [-0.2, -0.15) is 0 Å². The third kappa shape index (κ3) is 5.20. The predicted octanol–water partition coefficient (Wildman–Crippen LogP) is 5.15. The molecule has 0 saturated carbocycles. The number of aryl methyl sites for hydroxylation is 3. The van der Waals surface area contributed by atoms with E-state index in [0.717, 1.165) is 44.4 Å². The molecular weight excluding hydrogens is 474 g/mol. The van der Waals surface area contributed by atoms with Gasteiger partial charge >= 0.3 is 0 Å². The van der Waals surface area contributed by atoms with Crippen LogP contribution in [0.4, 0.5) is 0 Å². The molecule has 1 amide bonds. The Morgan fingerprint density at radius 1 is 1.08 bits per heavy atom. The van der Waals surface area contributed by atoms with E-state index in [1.54, 1.807) is 0 Å². The molecule has 2 aromatic carbocycles. The third-order valence-corrected chi connectivity index (χ3v) is 6.97. The van der Waals surface area contributed by atoms with Gasteiger partial charge in [-0.3, -0.25) is 9.59 Å². The minimum absolute atomic E-state index is 0.0371. The highest BCUT2D eigenvalue weighted by molar-refractivity contribution is 7.78. The molecule has 0 aliphatic rings. The van der Waals surface area contributed by atoms with Crippen molar-refractivity contribution in [3.63, 3.8) is 0 Å². The smallest absolute Gasteiger partial charge is 0.253 e. The summed E-state index contributed by atoms with van der Waals surface area (Å²) in [5, 5.41) is 3.82. The fourth-order valence-corrected chi connectivity index (χ4v) is 5.17. The van der Waals surface area contributed by atoms with Crippen LogP contribution in [0, 0.1) is 20.8 Å². The molecular formula is C28H31N3O4S. The molecule has 7 nitrogen and oxygen atoms in total. The molecule has 0 fully saturated rings. The third-order valence-electron chi connectivity index (χ3n) is 6.39. The topological polar surface area (TPSA) is 104 Å². The van der Waals surface area contributed by atoms with Crippen molar-refractivity contribution in [2.45, 2.75) is 53.0 Å². The second-order valence-electron chi connectivity index (χ2n) is 9.52. The van der Waals surface area contributed by atoms with Gasteiger partial charge in [0.1, 0.15) is 0 Å². The number of pyridine rings is 1. The Morgan fingerprint density at radius 3 is 2.50 bits per heavy atom. The maximum atomic E-state index is 13.5. The lowest BCUT2D eigenvalue weighted by Gasteiger charge is -2.14. The van der Waals surface area contributed by atoms with Crippen LogP contribution in [0.3, 0.4) is 0 Å². The lowest BCUT2D eigenvalue weighted by molar-refractivity contribution is 0.0952. The summed E-state index contributed by atoms with van der Waals surface area (Å²) in [6.07, 6.45) is 2.05. The van der Waals surface area contributed by atoms with E-state index in [1.807, 2.05) is 57.2 Å². The Morgan fingerprint density at radius 2 is 1.83 bits per heavy atom. The predicted molar refractivity (Wildman–Crippen MR) is 145 cm³/mol. The van der Waals surface area contributed by atoms with Gasteiger partial charge < -0.3 is 19.4 Å². The number of amides is 1. The van der Waals surface area contributed by atoms with E-state index in [1.165, 1.54) is 0 Å². The fraction of sp³-hybridized carbons (Fsp3) is 0.286. The average molecular weight is 506 g/mol. The highest BCUT2D eigenvalue weighted by Crippen LogP contribution is 2.33. The second kappa shape index (κ2) is 10.2. The molecule has 0 bridgehead atoms. The number of hydrogen-bond donors (Lipinski definition) is 3. The van der Waals surface area contributed by atoms with Crippen molar-refractivity contribution in [1.82, 2.24) is 14.9 Å². The molecule has 0 spiro atoms. The van der Waals surface area contributed by atoms with Crippen molar-refractivity contribution in [2.75, 3.05) is 0 Å². The molecule has 188 valence electrons. The van der Waals surface area contributed by atoms with E-state index in [0.29, 0.717) is 11.1 Å². The van der Waals surface area contributed by atoms with Gasteiger partial charge in [-0.05, 0) is 80.6 Å². The number of nitrogens with zero attached hydrogens (tertiary/aromatic N) is 1. The van der Waals surface area contributed by atoms with E-state index in [4.69, 9.17) is 0 Å². The Kier molecular flexibility index (Phi) is 7.28. The van der Waals surface area contributed by atoms with Gasteiger partial charge in [-0.25, -0.2) is 4.21 Å². The van der Waals surface area contributed by atoms with Crippen LogP contribution in [0.25, 0.3) is 22.0 Å². The molecule has 2 heterocycles. The summed E-state index contributed by atoms with van der Waals surface area (Å²) in [5.41, 5.74) is 6.82. The number of nitrogens with one attached hydrogen (secondary N) is 2. The molecule has 0 aliphatic heterocycles. The quantitative estimate of drug-likeness (QED) is 0.302. The van der Waals surface area contributed by atoms with Crippen LogP contribution >= 0.6 is 0 Å². The number of fused-ring (bicyclic) bond motifs is 1. The second-order valence-corrected chi connectivity index (χ2v) is 10.5. The molecule has 4 aromatic rings. The summed E-state index contributed by atoms with van der Waals surface area (Å²) in [6, 6.07) is 13.5. The minimum atomic E-state index is -1.94. The number of benzene rings is 2. The Hall–Kier alpha value is -3.49. The zero-order valence-electron chi connectivity index (χ0n) is 21.1. The summed E-state index contributed by atoms with van der Waals surface area (Å²) in [7, 11) is 0. The van der Waals surface area contributed by atoms with Gasteiger partial charge in [0.05, 0.1) is 5.75 Å². The number of H-pyrrole nitrogens is 1. The van der Waals surface area contributed by atoms with Crippen LogP contribution in [0.2, 0.25) is 0 Å². The first-order chi connectivity index (χ1) is 17.0. The van der Waals surface area contributed by atoms with Crippen molar-refractivity contribution < 1.29 is 13.6 Å². The van der Waals surface area contributed by atoms with Gasteiger partial charge in [0.25, 0.3) is 11.5 Å². The zero-order valence-corrected chi connectivity index (χ0v) is 22.0. The first-order valence-electron chi connectivity index (χ1n) is 11.8. The molecule has 1 atom stereocenters. The van der Waals surface area contributed by atoms with Crippen molar-refractivity contribution in [1.29, 1.82) is 0 Å². The van der Waals surface area contributed by atoms with Crippen LogP contribution in [-0.4, -0.2) is 24.2 Å². The fourth-order valence-electron chi connectivity index (χ4n) is 4.71. The molecule has 2 aromatic heterocycles. The van der Waals surface area contributed by atoms with Gasteiger partial charge in [0.2, 0.25) is 0 Å². The van der Waals surface area contributed by atoms with Crippen LogP contribution in [0.15, 0.2) is 53.5 Å². The average Bonchev–Trinajstić information content (AvgIpc) is 3.14. The molecule has 36 heavy (non-hydrogen) atoms. The molecule has 0 aliphatic carbocycles. The largest absolute Gasteiger partial charge is 0.348 e. The maximum absolute atomic E-state index is 13.5. The van der Waals surface area contributed by atoms with Gasteiger partial charge in [0.15, 0.2) is 11.1 Å². The van der Waals surface area contributed by atoms with E-state index in [-0.39, 0.29) is 29.8 Å². The van der Waals surface area contributed by atoms with Gasteiger partial charge in [-0.1, -0.05) is 24.3 Å². The van der Waals surface area contributed by atoms with Crippen LogP contribution in [0.5, 0.6) is 0 Å². The summed E-state index contributed by atoms with van der Waals surface area (Å²) in [5.74, 6) is -0.228. The number of aromatic nitrogens is 2. The van der Waals surface area contributed by atoms with E-state index >= 15 is 0 Å². The molecule has 0 radical (unpaired) electrons. The molecule has 8 heteroatoms. The van der Waals surface area contributed by atoms with E-state index in [2.05, 4.69) is 41.0 Å². The maximum Gasteiger partial charge on any atom is 0.253 e. The highest BCUT2D eigenvalue weighted by Gasteiger charge is 2.19. The Bertz CT molecular complexity index is 1550. The summed E-state index contributed by atoms with van der Waals surface area (Å²) in [6.45, 7) is 9.98. The summed E-state index contributed by atoms with van der Waals surface area (Å²) in [4.78, 5) is 28.8. The minimum Gasteiger partial charge on any atom is -0.348 e. The first-order valence-corrected chi connectivity index (χ1v) is 13.1. The Balaban J connectivity index is 1.81. The van der Waals surface area contributed by atoms with Crippen molar-refractivity contribution in [3.05, 3.63) is 92.5 Å².